The summed E-state index contributed by atoms with van der Waals surface area (Å²) in [5, 5.41) is 18.7. The molecule has 2 aliphatic heterocycles. The van der Waals surface area contributed by atoms with Crippen molar-refractivity contribution in [1.29, 1.82) is 0 Å². The lowest BCUT2D eigenvalue weighted by molar-refractivity contribution is 0.101. The molecule has 9 nitrogen and oxygen atoms in total. The number of benzene rings is 2. The lowest BCUT2D eigenvalue weighted by atomic mass is 9.94. The molecule has 0 aliphatic carbocycles. The summed E-state index contributed by atoms with van der Waals surface area (Å²) >= 11 is 0. The zero-order chi connectivity index (χ0) is 29.9. The number of aliphatic hydroxyl groups excluding tert-OH is 1. The average molecular weight is 577 g/mol. The highest BCUT2D eigenvalue weighted by Gasteiger charge is 2.20. The van der Waals surface area contributed by atoms with Crippen molar-refractivity contribution in [3.05, 3.63) is 106 Å². The number of β-amino-alcohol motifs (C(OH)–C–C–N with tert-alkyl or cyclic N) is 1. The van der Waals surface area contributed by atoms with E-state index in [2.05, 4.69) is 30.8 Å². The van der Waals surface area contributed by atoms with Crippen molar-refractivity contribution in [1.82, 2.24) is 20.2 Å². The van der Waals surface area contributed by atoms with E-state index in [1.54, 1.807) is 12.1 Å². The fourth-order valence-corrected chi connectivity index (χ4v) is 5.90. The zero-order valence-corrected chi connectivity index (χ0v) is 24.5. The summed E-state index contributed by atoms with van der Waals surface area (Å²) in [4.78, 5) is 37.9. The number of fused-ring (bicyclic) bond motifs is 2. The van der Waals surface area contributed by atoms with Gasteiger partial charge in [0.25, 0.3) is 11.8 Å². The Morgan fingerprint density at radius 2 is 1.40 bits per heavy atom. The third-order valence-electron chi connectivity index (χ3n) is 8.39. The molecule has 2 aromatic heterocycles. The van der Waals surface area contributed by atoms with Gasteiger partial charge in [-0.3, -0.25) is 14.5 Å². The number of nitrogens with one attached hydrogen (secondary N) is 3. The van der Waals surface area contributed by atoms with E-state index in [0.29, 0.717) is 29.3 Å². The van der Waals surface area contributed by atoms with Gasteiger partial charge in [-0.2, -0.15) is 0 Å². The van der Waals surface area contributed by atoms with Crippen LogP contribution in [0.5, 0.6) is 0 Å². The Kier molecular flexibility index (Phi) is 8.29. The number of hydrogen-bond acceptors (Lipinski definition) is 7. The highest BCUT2D eigenvalue weighted by molar-refractivity contribution is 6.05. The van der Waals surface area contributed by atoms with Gasteiger partial charge in [0.15, 0.2) is 0 Å². The van der Waals surface area contributed by atoms with E-state index in [9.17, 15) is 14.7 Å². The predicted molar refractivity (Wildman–Crippen MR) is 167 cm³/mol. The first kappa shape index (κ1) is 28.7. The number of rotatable bonds is 7. The first-order valence-corrected chi connectivity index (χ1v) is 14.7. The van der Waals surface area contributed by atoms with E-state index in [1.165, 1.54) is 0 Å². The standard InChI is InChI=1S/C34H36N6O3/c1-21-25(5-3-7-27(21)38-33(42)31-11-9-23-19-35-15-13-29(23)36-31)26-6-4-8-28(22(26)2)39-34(43)32-12-10-24-20-40(17-18-41)16-14-30(24)37-32/h3-12,35,41H,13-20H2,1-2H3,(H,38,42)(H,39,43). The number of aromatic nitrogens is 2. The molecular formula is C34H36N6O3. The molecule has 2 aromatic carbocycles. The zero-order valence-electron chi connectivity index (χ0n) is 24.5. The van der Waals surface area contributed by atoms with Crippen molar-refractivity contribution in [2.75, 3.05) is 36.9 Å². The van der Waals surface area contributed by atoms with Crippen LogP contribution in [0.3, 0.4) is 0 Å². The number of amides is 2. The largest absolute Gasteiger partial charge is 0.395 e. The summed E-state index contributed by atoms with van der Waals surface area (Å²) in [6.07, 6.45) is 1.56. The van der Waals surface area contributed by atoms with Crippen LogP contribution < -0.4 is 16.0 Å². The molecule has 0 saturated heterocycles. The van der Waals surface area contributed by atoms with Gasteiger partial charge in [0, 0.05) is 68.3 Å². The minimum absolute atomic E-state index is 0.130. The third kappa shape index (κ3) is 6.06. The number of pyridine rings is 2. The molecule has 43 heavy (non-hydrogen) atoms. The van der Waals surface area contributed by atoms with Crippen LogP contribution in [0.15, 0.2) is 60.7 Å². The lowest BCUT2D eigenvalue weighted by Gasteiger charge is -2.27. The van der Waals surface area contributed by atoms with Gasteiger partial charge in [-0.05, 0) is 71.5 Å². The third-order valence-corrected chi connectivity index (χ3v) is 8.39. The van der Waals surface area contributed by atoms with Crippen LogP contribution in [0.1, 0.15) is 54.6 Å². The Labute approximate surface area is 251 Å². The molecule has 4 N–H and O–H groups in total. The summed E-state index contributed by atoms with van der Waals surface area (Å²) < 4.78 is 0. The van der Waals surface area contributed by atoms with Crippen LogP contribution in [-0.4, -0.2) is 58.0 Å². The second kappa shape index (κ2) is 12.4. The van der Waals surface area contributed by atoms with E-state index in [-0.39, 0.29) is 18.4 Å². The van der Waals surface area contributed by atoms with E-state index in [0.717, 1.165) is 83.8 Å². The predicted octanol–water partition coefficient (Wildman–Crippen LogP) is 4.26. The first-order valence-electron chi connectivity index (χ1n) is 14.7. The average Bonchev–Trinajstić information content (AvgIpc) is 3.03. The fourth-order valence-electron chi connectivity index (χ4n) is 5.90. The van der Waals surface area contributed by atoms with Crippen LogP contribution in [0.25, 0.3) is 11.1 Å². The number of hydrogen-bond donors (Lipinski definition) is 4. The summed E-state index contributed by atoms with van der Waals surface area (Å²) in [6, 6.07) is 19.1. The van der Waals surface area contributed by atoms with E-state index < -0.39 is 0 Å². The Bertz CT molecular complexity index is 1700. The molecule has 0 atom stereocenters. The second-order valence-electron chi connectivity index (χ2n) is 11.1. The monoisotopic (exact) mass is 576 g/mol. The van der Waals surface area contributed by atoms with Crippen LogP contribution in [0.4, 0.5) is 11.4 Å². The van der Waals surface area contributed by atoms with Gasteiger partial charge in [-0.25, -0.2) is 9.97 Å². The van der Waals surface area contributed by atoms with Gasteiger partial charge in [0.1, 0.15) is 11.4 Å². The van der Waals surface area contributed by atoms with E-state index in [4.69, 9.17) is 0 Å². The molecular weight excluding hydrogens is 540 g/mol. The molecule has 0 spiro atoms. The molecule has 6 rings (SSSR count). The molecule has 9 heteroatoms. The topological polar surface area (TPSA) is 119 Å². The second-order valence-corrected chi connectivity index (χ2v) is 11.1. The highest BCUT2D eigenvalue weighted by atomic mass is 16.3. The number of anilines is 2. The maximum atomic E-state index is 13.3. The Morgan fingerprint density at radius 1 is 0.814 bits per heavy atom. The smallest absolute Gasteiger partial charge is 0.274 e. The molecule has 2 aliphatic rings. The van der Waals surface area contributed by atoms with Crippen molar-refractivity contribution in [3.8, 4) is 11.1 Å². The summed E-state index contributed by atoms with van der Waals surface area (Å²) in [6.45, 7) is 7.91. The molecule has 0 unspecified atom stereocenters. The van der Waals surface area contributed by atoms with Crippen LogP contribution in [0, 0.1) is 13.8 Å². The summed E-state index contributed by atoms with van der Waals surface area (Å²) in [7, 11) is 0. The van der Waals surface area contributed by atoms with Gasteiger partial charge in [-0.1, -0.05) is 36.4 Å². The normalized spacial score (nSPS) is 14.5. The highest BCUT2D eigenvalue weighted by Crippen LogP contribution is 2.34. The van der Waals surface area contributed by atoms with E-state index in [1.807, 2.05) is 62.4 Å². The van der Waals surface area contributed by atoms with Gasteiger partial charge in [0.05, 0.1) is 6.61 Å². The maximum absolute atomic E-state index is 13.3. The van der Waals surface area contributed by atoms with Crippen molar-refractivity contribution >= 4 is 23.2 Å². The summed E-state index contributed by atoms with van der Waals surface area (Å²) in [5.41, 5.74) is 10.1. The Morgan fingerprint density at radius 3 is 2.00 bits per heavy atom. The van der Waals surface area contributed by atoms with Crippen molar-refractivity contribution < 1.29 is 14.7 Å². The number of carbonyl (C=O) groups excluding carboxylic acids is 2. The quantitative estimate of drug-likeness (QED) is 0.260. The van der Waals surface area contributed by atoms with Crippen molar-refractivity contribution in [2.24, 2.45) is 0 Å². The van der Waals surface area contributed by atoms with Gasteiger partial charge in [0.2, 0.25) is 0 Å². The molecule has 220 valence electrons. The minimum atomic E-state index is -0.257. The first-order chi connectivity index (χ1) is 20.9. The molecule has 0 radical (unpaired) electrons. The molecule has 0 saturated carbocycles. The maximum Gasteiger partial charge on any atom is 0.274 e. The Balaban J connectivity index is 1.20. The lowest BCUT2D eigenvalue weighted by Crippen LogP contribution is -2.33. The SMILES string of the molecule is Cc1c(NC(=O)c2ccc3c(n2)CCNC3)cccc1-c1cccc(NC(=O)c2ccc3c(n2)CCN(CCO)C3)c1C. The number of carbonyl (C=O) groups is 2. The number of nitrogens with zero attached hydrogens (tertiary/aromatic N) is 3. The van der Waals surface area contributed by atoms with E-state index >= 15 is 0 Å². The van der Waals surface area contributed by atoms with Gasteiger partial charge < -0.3 is 21.1 Å². The van der Waals surface area contributed by atoms with Crippen LogP contribution >= 0.6 is 0 Å². The molecule has 4 aromatic rings. The summed E-state index contributed by atoms with van der Waals surface area (Å²) in [5.74, 6) is -0.495. The molecule has 2 amide bonds. The van der Waals surface area contributed by atoms with Crippen molar-refractivity contribution in [3.63, 3.8) is 0 Å². The molecule has 4 heterocycles. The molecule has 0 bridgehead atoms. The van der Waals surface area contributed by atoms with Crippen LogP contribution in [0.2, 0.25) is 0 Å². The van der Waals surface area contributed by atoms with Crippen LogP contribution in [-0.2, 0) is 25.9 Å². The molecule has 0 fully saturated rings. The Hall–Kier alpha value is -4.44. The number of aliphatic hydroxyl groups is 1. The minimum Gasteiger partial charge on any atom is -0.395 e. The van der Waals surface area contributed by atoms with Gasteiger partial charge >= 0.3 is 0 Å². The fraction of sp³-hybridized carbons (Fsp3) is 0.294. The van der Waals surface area contributed by atoms with Crippen molar-refractivity contribution in [2.45, 2.75) is 39.8 Å². The van der Waals surface area contributed by atoms with Gasteiger partial charge in [-0.15, -0.1) is 0 Å².